The molecule has 1 fully saturated rings. The molecule has 0 bridgehead atoms. The van der Waals surface area contributed by atoms with Crippen LogP contribution in [-0.2, 0) is 14.3 Å². The fraction of sp³-hybridized carbons (Fsp3) is 0.690. The average molecular weight is 502 g/mol. The number of hydrogen-bond donors (Lipinski definition) is 2. The third kappa shape index (κ3) is 8.24. The monoisotopic (exact) mass is 501 g/mol. The van der Waals surface area contributed by atoms with Gasteiger partial charge in [0.05, 0.1) is 0 Å². The van der Waals surface area contributed by atoms with Crippen LogP contribution in [0.2, 0.25) is 0 Å². The van der Waals surface area contributed by atoms with Gasteiger partial charge in [-0.15, -0.1) is 0 Å². The molecule has 2 N–H and O–H groups in total. The van der Waals surface area contributed by atoms with Crippen LogP contribution in [-0.4, -0.2) is 47.0 Å². The second-order valence-electron chi connectivity index (χ2n) is 11.6. The molecular weight excluding hydrogens is 454 g/mol. The van der Waals surface area contributed by atoms with Gasteiger partial charge < -0.3 is 20.3 Å². The van der Waals surface area contributed by atoms with E-state index in [0.29, 0.717) is 6.54 Å². The highest BCUT2D eigenvalue weighted by Crippen LogP contribution is 2.41. The number of nitrogens with zero attached hydrogens (tertiary/aromatic N) is 1. The summed E-state index contributed by atoms with van der Waals surface area (Å²) in [5.74, 6) is -0.335. The van der Waals surface area contributed by atoms with E-state index in [0.717, 1.165) is 42.4 Å². The molecule has 2 rings (SSSR count). The maximum atomic E-state index is 14.1. The standard InChI is InChI=1S/C29H47N3O4/c1-10-11-12-15-30-26(33)25(22-14-13-19(4)20(5)16-22)32(23-17-21(23)6)27(34)24(18(2)3)31-28(35)36-29(7,8)9/h13-14,16,18,21,23-25H,10-12,15,17H2,1-9H3,(H,30,33)(H,31,35). The molecule has 0 radical (unpaired) electrons. The molecule has 0 aromatic heterocycles. The number of aryl methyl sites for hydroxylation is 2. The van der Waals surface area contributed by atoms with Crippen molar-refractivity contribution in [2.45, 2.75) is 112 Å². The Morgan fingerprint density at radius 2 is 1.75 bits per heavy atom. The molecular formula is C29H47N3O4. The van der Waals surface area contributed by atoms with Crippen molar-refractivity contribution in [3.63, 3.8) is 0 Å². The van der Waals surface area contributed by atoms with Gasteiger partial charge in [0.15, 0.2) is 0 Å². The molecule has 0 heterocycles. The highest BCUT2D eigenvalue weighted by Gasteiger charge is 2.48. The molecule has 7 heteroatoms. The first-order chi connectivity index (χ1) is 16.8. The third-order valence-electron chi connectivity index (χ3n) is 6.74. The smallest absolute Gasteiger partial charge is 0.408 e. The predicted octanol–water partition coefficient (Wildman–Crippen LogP) is 5.44. The van der Waals surface area contributed by atoms with Gasteiger partial charge in [-0.2, -0.15) is 0 Å². The minimum Gasteiger partial charge on any atom is -0.444 e. The summed E-state index contributed by atoms with van der Waals surface area (Å²) in [5, 5.41) is 5.87. The maximum Gasteiger partial charge on any atom is 0.408 e. The van der Waals surface area contributed by atoms with Crippen LogP contribution in [0.15, 0.2) is 18.2 Å². The molecule has 3 amide bonds. The summed E-state index contributed by atoms with van der Waals surface area (Å²) in [4.78, 5) is 42.2. The molecule has 0 aliphatic heterocycles. The van der Waals surface area contributed by atoms with Crippen LogP contribution >= 0.6 is 0 Å². The van der Waals surface area contributed by atoms with E-state index in [9.17, 15) is 14.4 Å². The lowest BCUT2D eigenvalue weighted by atomic mass is 9.96. The molecule has 1 saturated carbocycles. The fourth-order valence-electron chi connectivity index (χ4n) is 4.34. The number of ether oxygens (including phenoxy) is 1. The molecule has 0 saturated heterocycles. The van der Waals surface area contributed by atoms with E-state index < -0.39 is 23.8 Å². The minimum atomic E-state index is -0.811. The van der Waals surface area contributed by atoms with Gasteiger partial charge in [-0.25, -0.2) is 4.79 Å². The van der Waals surface area contributed by atoms with Crippen LogP contribution in [0.5, 0.6) is 0 Å². The summed E-state index contributed by atoms with van der Waals surface area (Å²) in [6, 6.07) is 4.30. The molecule has 36 heavy (non-hydrogen) atoms. The normalized spacial score (nSPS) is 18.8. The van der Waals surface area contributed by atoms with Crippen LogP contribution in [0.4, 0.5) is 4.79 Å². The summed E-state index contributed by atoms with van der Waals surface area (Å²) in [7, 11) is 0. The van der Waals surface area contributed by atoms with E-state index >= 15 is 0 Å². The second-order valence-corrected chi connectivity index (χ2v) is 11.6. The molecule has 4 unspecified atom stereocenters. The molecule has 1 aromatic carbocycles. The highest BCUT2D eigenvalue weighted by molar-refractivity contribution is 5.92. The van der Waals surface area contributed by atoms with E-state index in [1.54, 1.807) is 25.7 Å². The summed E-state index contributed by atoms with van der Waals surface area (Å²) in [5.41, 5.74) is 2.31. The zero-order valence-electron chi connectivity index (χ0n) is 23.7. The number of nitrogens with one attached hydrogen (secondary N) is 2. The zero-order valence-corrected chi connectivity index (χ0v) is 23.7. The molecule has 1 aliphatic rings. The van der Waals surface area contributed by atoms with Gasteiger partial charge in [-0.1, -0.05) is 58.7 Å². The number of amides is 3. The van der Waals surface area contributed by atoms with E-state index in [4.69, 9.17) is 4.74 Å². The van der Waals surface area contributed by atoms with E-state index in [1.807, 2.05) is 45.9 Å². The molecule has 4 atom stereocenters. The molecule has 202 valence electrons. The molecule has 0 spiro atoms. The Balaban J connectivity index is 2.45. The Morgan fingerprint density at radius 3 is 2.25 bits per heavy atom. The minimum absolute atomic E-state index is 0.0628. The largest absolute Gasteiger partial charge is 0.444 e. The number of rotatable bonds is 11. The van der Waals surface area contributed by atoms with Gasteiger partial charge in [0.2, 0.25) is 11.8 Å². The number of alkyl carbamates (subject to hydrolysis) is 1. The van der Waals surface area contributed by atoms with Crippen molar-refractivity contribution in [3.05, 3.63) is 34.9 Å². The number of hydrogen-bond acceptors (Lipinski definition) is 4. The van der Waals surface area contributed by atoms with Gasteiger partial charge in [-0.3, -0.25) is 9.59 Å². The number of unbranched alkanes of at least 4 members (excludes halogenated alkanes) is 2. The Morgan fingerprint density at radius 1 is 1.11 bits per heavy atom. The number of carbonyl (C=O) groups is 3. The third-order valence-corrected chi connectivity index (χ3v) is 6.74. The number of benzene rings is 1. The van der Waals surface area contributed by atoms with Gasteiger partial charge in [0, 0.05) is 12.6 Å². The van der Waals surface area contributed by atoms with E-state index in [1.165, 1.54) is 0 Å². The van der Waals surface area contributed by atoms with Crippen molar-refractivity contribution in [1.82, 2.24) is 15.5 Å². The summed E-state index contributed by atoms with van der Waals surface area (Å²) >= 11 is 0. The van der Waals surface area contributed by atoms with Crippen molar-refractivity contribution < 1.29 is 19.1 Å². The van der Waals surface area contributed by atoms with Gasteiger partial charge >= 0.3 is 6.09 Å². The lowest BCUT2D eigenvalue weighted by molar-refractivity contribution is -0.144. The summed E-state index contributed by atoms with van der Waals surface area (Å²) in [6.45, 7) is 18.0. The van der Waals surface area contributed by atoms with Crippen LogP contribution in [0, 0.1) is 25.7 Å². The Labute approximate surface area is 217 Å². The van der Waals surface area contributed by atoms with Crippen LogP contribution in [0.25, 0.3) is 0 Å². The summed E-state index contributed by atoms with van der Waals surface area (Å²) in [6.07, 6.45) is 3.18. The van der Waals surface area contributed by atoms with Gasteiger partial charge in [0.1, 0.15) is 17.7 Å². The maximum absolute atomic E-state index is 14.1. The molecule has 1 aromatic rings. The average Bonchev–Trinajstić information content (AvgIpc) is 3.49. The van der Waals surface area contributed by atoms with Crippen molar-refractivity contribution in [2.24, 2.45) is 11.8 Å². The van der Waals surface area contributed by atoms with Gasteiger partial charge in [0.25, 0.3) is 0 Å². The van der Waals surface area contributed by atoms with Crippen LogP contribution in [0.3, 0.4) is 0 Å². The topological polar surface area (TPSA) is 87.7 Å². The van der Waals surface area contributed by atoms with Gasteiger partial charge in [-0.05, 0) is 76.0 Å². The molecule has 7 nitrogen and oxygen atoms in total. The quantitative estimate of drug-likeness (QED) is 0.395. The Bertz CT molecular complexity index is 922. The first-order valence-electron chi connectivity index (χ1n) is 13.4. The lowest BCUT2D eigenvalue weighted by Crippen LogP contribution is -2.55. The number of carbonyl (C=O) groups excluding carboxylic acids is 3. The van der Waals surface area contributed by atoms with Crippen LogP contribution in [0.1, 0.15) is 96.9 Å². The van der Waals surface area contributed by atoms with Crippen molar-refractivity contribution in [3.8, 4) is 0 Å². The first kappa shape index (κ1) is 29.7. The predicted molar refractivity (Wildman–Crippen MR) is 144 cm³/mol. The lowest BCUT2D eigenvalue weighted by Gasteiger charge is -2.36. The zero-order chi connectivity index (χ0) is 27.2. The van der Waals surface area contributed by atoms with E-state index in [-0.39, 0.29) is 29.7 Å². The first-order valence-corrected chi connectivity index (χ1v) is 13.4. The summed E-state index contributed by atoms with van der Waals surface area (Å²) < 4.78 is 5.44. The highest BCUT2D eigenvalue weighted by atomic mass is 16.6. The Kier molecular flexibility index (Phi) is 10.4. The Hall–Kier alpha value is -2.57. The van der Waals surface area contributed by atoms with Crippen molar-refractivity contribution in [2.75, 3.05) is 6.54 Å². The van der Waals surface area contributed by atoms with Crippen molar-refractivity contribution >= 4 is 17.9 Å². The second kappa shape index (κ2) is 12.6. The molecule has 1 aliphatic carbocycles. The van der Waals surface area contributed by atoms with E-state index in [2.05, 4.69) is 24.5 Å². The van der Waals surface area contributed by atoms with Crippen molar-refractivity contribution in [1.29, 1.82) is 0 Å². The SMILES string of the molecule is CCCCCNC(=O)C(c1ccc(C)c(C)c1)N(C(=O)C(NC(=O)OC(C)(C)C)C(C)C)C1CC1C. The fourth-order valence-corrected chi connectivity index (χ4v) is 4.34. The van der Waals surface area contributed by atoms with Crippen LogP contribution < -0.4 is 10.6 Å².